The molecule has 0 saturated heterocycles. The monoisotopic (exact) mass is 502 g/mol. The van der Waals surface area contributed by atoms with Crippen molar-refractivity contribution in [1.29, 1.82) is 0 Å². The zero-order valence-corrected chi connectivity index (χ0v) is 20.3. The van der Waals surface area contributed by atoms with E-state index in [2.05, 4.69) is 34.1 Å². The molecule has 0 radical (unpaired) electrons. The molecule has 2 atom stereocenters. The highest BCUT2D eigenvalue weighted by Crippen LogP contribution is 2.36. The summed E-state index contributed by atoms with van der Waals surface area (Å²) in [5.74, 6) is -0.217. The lowest BCUT2D eigenvalue weighted by molar-refractivity contribution is -0.121. The van der Waals surface area contributed by atoms with Crippen LogP contribution >= 0.6 is 7.82 Å². The van der Waals surface area contributed by atoms with Crippen LogP contribution in [0, 0.1) is 0 Å². The Balaban J connectivity index is 1.52. The number of rotatable bonds is 10. The summed E-state index contributed by atoms with van der Waals surface area (Å²) in [6.45, 7) is 0.644. The van der Waals surface area contributed by atoms with Crippen molar-refractivity contribution in [1.82, 2.24) is 0 Å². The van der Waals surface area contributed by atoms with E-state index in [1.54, 1.807) is 24.3 Å². The minimum Gasteiger partial charge on any atom is -0.611 e. The third-order valence-corrected chi connectivity index (χ3v) is 6.90. The molecule has 0 aromatic heterocycles. The number of nitrogens with two attached hydrogens (primary N) is 1. The smallest absolute Gasteiger partial charge is 0.469 e. The second-order valence-electron chi connectivity index (χ2n) is 8.02. The molecule has 0 aliphatic rings. The maximum atomic E-state index is 12.7. The molecule has 1 amide bonds. The molecule has 0 bridgehead atoms. The number of aryl methyl sites for hydroxylation is 1. The van der Waals surface area contributed by atoms with Gasteiger partial charge in [0.25, 0.3) is 0 Å². The molecule has 10 heteroatoms. The molecule has 180 valence electrons. The van der Waals surface area contributed by atoms with E-state index < -0.39 is 37.1 Å². The van der Waals surface area contributed by atoms with Gasteiger partial charge in [-0.3, -0.25) is 9.32 Å². The molecular weight excluding hydrogens is 475 g/mol. The number of hydrogen-bond donors (Lipinski definition) is 4. The van der Waals surface area contributed by atoms with Crippen LogP contribution in [0.4, 0.5) is 5.69 Å². The molecule has 0 aliphatic carbocycles. The molecule has 8 nitrogen and oxygen atoms in total. The standard InChI is InChI=1S/C24H27N2O6PS/c1-24(25,17-32-33(28,29)30)23(27)26-21-11-13-22(14-12-21)34(31)16-15-18-7-9-20(10-8-18)19-5-3-2-4-6-19/h2-14H,15-17,25H2,1H3,(H,26,27)(H2,28,29,30)/t24-,34?/m0/s1. The molecule has 5 N–H and O–H groups in total. The Kier molecular flexibility index (Phi) is 8.67. The molecule has 0 spiro atoms. The number of anilines is 1. The average Bonchev–Trinajstić information content (AvgIpc) is 2.82. The van der Waals surface area contributed by atoms with Crippen LogP contribution in [0.1, 0.15) is 12.5 Å². The predicted molar refractivity (Wildman–Crippen MR) is 133 cm³/mol. The Morgan fingerprint density at radius 3 is 2.21 bits per heavy atom. The van der Waals surface area contributed by atoms with E-state index in [9.17, 15) is 13.9 Å². The first-order valence-corrected chi connectivity index (χ1v) is 13.3. The molecule has 1 unspecified atom stereocenters. The van der Waals surface area contributed by atoms with E-state index >= 15 is 0 Å². The van der Waals surface area contributed by atoms with Crippen LogP contribution in [-0.2, 0) is 31.5 Å². The zero-order chi connectivity index (χ0) is 24.8. The molecular formula is C24H27N2O6PS. The number of amides is 1. The van der Waals surface area contributed by atoms with Gasteiger partial charge < -0.3 is 25.4 Å². The second kappa shape index (κ2) is 11.3. The number of phosphoric acid groups is 1. The van der Waals surface area contributed by atoms with Gasteiger partial charge in [0.15, 0.2) is 4.90 Å². The molecule has 3 rings (SSSR count). The molecule has 34 heavy (non-hydrogen) atoms. The van der Waals surface area contributed by atoms with Gasteiger partial charge in [-0.2, -0.15) is 0 Å². The van der Waals surface area contributed by atoms with Crippen molar-refractivity contribution >= 4 is 30.6 Å². The van der Waals surface area contributed by atoms with E-state index in [0.717, 1.165) is 16.7 Å². The lowest BCUT2D eigenvalue weighted by Gasteiger charge is -2.23. The van der Waals surface area contributed by atoms with E-state index in [0.29, 0.717) is 22.8 Å². The van der Waals surface area contributed by atoms with Crippen LogP contribution < -0.4 is 11.1 Å². The van der Waals surface area contributed by atoms with Crippen LogP contribution in [-0.4, -0.2) is 38.1 Å². The molecule has 3 aromatic carbocycles. The number of nitrogens with one attached hydrogen (secondary N) is 1. The Morgan fingerprint density at radius 1 is 1.03 bits per heavy atom. The Bertz CT molecular complexity index is 1130. The number of carbonyl (C=O) groups is 1. The van der Waals surface area contributed by atoms with Crippen molar-refractivity contribution < 1.29 is 28.2 Å². The maximum absolute atomic E-state index is 12.7. The van der Waals surface area contributed by atoms with Crippen molar-refractivity contribution in [2.24, 2.45) is 5.73 Å². The number of benzene rings is 3. The highest BCUT2D eigenvalue weighted by Gasteiger charge is 2.32. The Hall–Kier alpha value is -2.49. The second-order valence-corrected chi connectivity index (χ2v) is 10.8. The summed E-state index contributed by atoms with van der Waals surface area (Å²) in [5.41, 5.74) is 7.93. The first kappa shape index (κ1) is 26.1. The van der Waals surface area contributed by atoms with Gasteiger partial charge in [-0.05, 0) is 59.1 Å². The molecule has 3 aromatic rings. The van der Waals surface area contributed by atoms with Gasteiger partial charge in [-0.1, -0.05) is 54.6 Å². The fourth-order valence-electron chi connectivity index (χ4n) is 3.07. The predicted octanol–water partition coefficient (Wildman–Crippen LogP) is 3.47. The van der Waals surface area contributed by atoms with Crippen molar-refractivity contribution in [3.63, 3.8) is 0 Å². The average molecular weight is 503 g/mol. The van der Waals surface area contributed by atoms with Gasteiger partial charge in [-0.25, -0.2) is 4.57 Å². The molecule has 0 fully saturated rings. The SMILES string of the molecule is C[C@](N)(COP(=O)(O)O)C(=O)Nc1ccc([S+]([O-])CCc2ccc(-c3ccccc3)cc2)cc1. The van der Waals surface area contributed by atoms with E-state index in [1.165, 1.54) is 6.92 Å². The van der Waals surface area contributed by atoms with Crippen LogP contribution in [0.5, 0.6) is 0 Å². The van der Waals surface area contributed by atoms with Crippen LogP contribution in [0.15, 0.2) is 83.8 Å². The molecule has 0 saturated carbocycles. The Labute approximate surface area is 201 Å². The van der Waals surface area contributed by atoms with Gasteiger partial charge in [0.1, 0.15) is 11.3 Å². The zero-order valence-electron chi connectivity index (χ0n) is 18.6. The summed E-state index contributed by atoms with van der Waals surface area (Å²) in [5, 5.41) is 2.57. The summed E-state index contributed by atoms with van der Waals surface area (Å²) < 4.78 is 27.9. The third-order valence-electron chi connectivity index (χ3n) is 5.06. The van der Waals surface area contributed by atoms with Crippen LogP contribution in [0.25, 0.3) is 11.1 Å². The lowest BCUT2D eigenvalue weighted by Crippen LogP contribution is -2.52. The van der Waals surface area contributed by atoms with Crippen molar-refractivity contribution in [2.45, 2.75) is 23.8 Å². The number of hydrogen-bond acceptors (Lipinski definition) is 5. The van der Waals surface area contributed by atoms with Crippen LogP contribution in [0.3, 0.4) is 0 Å². The van der Waals surface area contributed by atoms with Gasteiger partial charge in [0, 0.05) is 12.1 Å². The normalized spacial score (nSPS) is 14.3. The van der Waals surface area contributed by atoms with E-state index in [1.807, 2.05) is 30.3 Å². The van der Waals surface area contributed by atoms with E-state index in [4.69, 9.17) is 15.5 Å². The summed E-state index contributed by atoms with van der Waals surface area (Å²) >= 11 is -1.22. The maximum Gasteiger partial charge on any atom is 0.469 e. The van der Waals surface area contributed by atoms with Gasteiger partial charge in [0.2, 0.25) is 5.91 Å². The highest BCUT2D eigenvalue weighted by molar-refractivity contribution is 7.91. The lowest BCUT2D eigenvalue weighted by atomic mass is 10.0. The van der Waals surface area contributed by atoms with Crippen molar-refractivity contribution in [2.75, 3.05) is 17.7 Å². The fraction of sp³-hybridized carbons (Fsp3) is 0.208. The first-order valence-electron chi connectivity index (χ1n) is 10.5. The molecule has 0 aliphatic heterocycles. The quantitative estimate of drug-likeness (QED) is 0.245. The van der Waals surface area contributed by atoms with E-state index in [-0.39, 0.29) is 0 Å². The first-order chi connectivity index (χ1) is 16.0. The van der Waals surface area contributed by atoms with Crippen LogP contribution in [0.2, 0.25) is 0 Å². The Morgan fingerprint density at radius 2 is 1.62 bits per heavy atom. The number of carbonyl (C=O) groups excluding carboxylic acids is 1. The van der Waals surface area contributed by atoms with Crippen molar-refractivity contribution in [3.8, 4) is 11.1 Å². The highest BCUT2D eigenvalue weighted by atomic mass is 32.2. The summed E-state index contributed by atoms with van der Waals surface area (Å²) in [4.78, 5) is 30.5. The largest absolute Gasteiger partial charge is 0.611 e. The van der Waals surface area contributed by atoms with Crippen molar-refractivity contribution in [3.05, 3.63) is 84.4 Å². The summed E-state index contributed by atoms with van der Waals surface area (Å²) in [6, 6.07) is 24.8. The fourth-order valence-corrected chi connectivity index (χ4v) is 4.60. The minimum absolute atomic E-state index is 0.412. The molecule has 0 heterocycles. The summed E-state index contributed by atoms with van der Waals surface area (Å²) in [6.07, 6.45) is 0.658. The minimum atomic E-state index is -4.74. The number of phosphoric ester groups is 1. The van der Waals surface area contributed by atoms with Gasteiger partial charge in [-0.15, -0.1) is 0 Å². The topological polar surface area (TPSA) is 145 Å². The summed E-state index contributed by atoms with van der Waals surface area (Å²) in [7, 11) is -4.74. The third kappa shape index (κ3) is 7.78. The van der Waals surface area contributed by atoms with Gasteiger partial charge >= 0.3 is 7.82 Å². The van der Waals surface area contributed by atoms with Gasteiger partial charge in [0.05, 0.1) is 6.61 Å².